The summed E-state index contributed by atoms with van der Waals surface area (Å²) < 4.78 is 0. The third-order valence-electron chi connectivity index (χ3n) is 5.26. The number of hydrogen-bond donors (Lipinski definition) is 0. The molecule has 0 aromatic rings. The van der Waals surface area contributed by atoms with Crippen LogP contribution in [0.4, 0.5) is 0 Å². The van der Waals surface area contributed by atoms with Crippen LogP contribution in [0.15, 0.2) is 0 Å². The molecule has 0 radical (unpaired) electrons. The van der Waals surface area contributed by atoms with Gasteiger partial charge in [-0.05, 0) is 46.2 Å². The fraction of sp³-hybridized carbons (Fsp3) is 0.950. The van der Waals surface area contributed by atoms with Crippen molar-refractivity contribution in [3.8, 4) is 0 Å². The minimum atomic E-state index is 0. The zero-order chi connectivity index (χ0) is 16.9. The molecule has 0 bridgehead atoms. The van der Waals surface area contributed by atoms with Crippen LogP contribution < -0.4 is 0 Å². The van der Waals surface area contributed by atoms with Gasteiger partial charge in [-0.3, -0.25) is 0 Å². The van der Waals surface area contributed by atoms with Gasteiger partial charge in [-0.15, -0.1) is 17.0 Å². The van der Waals surface area contributed by atoms with Crippen molar-refractivity contribution in [3.05, 3.63) is 0 Å². The lowest BCUT2D eigenvalue weighted by Crippen LogP contribution is -2.44. The summed E-state index contributed by atoms with van der Waals surface area (Å²) in [6.45, 7) is 12.6. The second-order valence-electron chi connectivity index (χ2n) is 7.13. The van der Waals surface area contributed by atoms with Crippen molar-refractivity contribution < 1.29 is 0 Å². The largest absolute Gasteiger partial charge is 0.366 e. The third-order valence-corrected chi connectivity index (χ3v) is 5.85. The lowest BCUT2D eigenvalue weighted by molar-refractivity contribution is 0.194. The van der Waals surface area contributed by atoms with Gasteiger partial charge in [-0.1, -0.05) is 64.1 Å². The van der Waals surface area contributed by atoms with E-state index in [9.17, 15) is 0 Å². The highest BCUT2D eigenvalue weighted by Gasteiger charge is 2.24. The molecule has 1 aliphatic rings. The van der Waals surface area contributed by atoms with E-state index >= 15 is 0 Å². The van der Waals surface area contributed by atoms with Gasteiger partial charge in [0.15, 0.2) is 0 Å². The summed E-state index contributed by atoms with van der Waals surface area (Å²) in [6.07, 6.45) is 13.9. The normalized spacial score (nSPS) is 18.2. The Hall–Kier alpha value is 0.330. The molecule has 0 spiro atoms. The zero-order valence-corrected chi connectivity index (χ0v) is 18.9. The molecule has 1 rings (SSSR count). The predicted molar refractivity (Wildman–Crippen MR) is 118 cm³/mol. The first kappa shape index (κ1) is 24.3. The van der Waals surface area contributed by atoms with Crippen molar-refractivity contribution in [2.45, 2.75) is 85.0 Å². The molecule has 0 aliphatic carbocycles. The second kappa shape index (κ2) is 15.6. The maximum atomic E-state index is 5.75. The molecule has 1 saturated heterocycles. The van der Waals surface area contributed by atoms with Crippen LogP contribution in [0.25, 0.3) is 0 Å². The molecular formula is C20H41BrN2S. The number of likely N-dealkylation sites (tertiary alicyclic amines) is 1. The maximum absolute atomic E-state index is 5.75. The SMILES string of the molecule is Br.CCCCCCCCCCN1CCCC(C(=S)N(CC)CC)C1. The minimum absolute atomic E-state index is 0. The highest BCUT2D eigenvalue weighted by molar-refractivity contribution is 8.93. The first-order valence-electron chi connectivity index (χ1n) is 10.2. The fourth-order valence-electron chi connectivity index (χ4n) is 3.72. The maximum Gasteiger partial charge on any atom is 0.0823 e. The van der Waals surface area contributed by atoms with E-state index in [1.807, 2.05) is 0 Å². The fourth-order valence-corrected chi connectivity index (χ4v) is 4.17. The van der Waals surface area contributed by atoms with Crippen LogP contribution in [-0.4, -0.2) is 47.5 Å². The summed E-state index contributed by atoms with van der Waals surface area (Å²) in [5.41, 5.74) is 0. The van der Waals surface area contributed by atoms with Gasteiger partial charge in [0.05, 0.1) is 4.99 Å². The first-order valence-corrected chi connectivity index (χ1v) is 10.6. The van der Waals surface area contributed by atoms with Gasteiger partial charge >= 0.3 is 0 Å². The third kappa shape index (κ3) is 9.72. The molecule has 0 aromatic carbocycles. The van der Waals surface area contributed by atoms with Crippen LogP contribution in [0.2, 0.25) is 0 Å². The lowest BCUT2D eigenvalue weighted by Gasteiger charge is -2.36. The molecule has 1 atom stereocenters. The molecule has 144 valence electrons. The van der Waals surface area contributed by atoms with Crippen LogP contribution in [0.3, 0.4) is 0 Å². The van der Waals surface area contributed by atoms with E-state index in [0.717, 1.165) is 13.1 Å². The lowest BCUT2D eigenvalue weighted by atomic mass is 9.96. The summed E-state index contributed by atoms with van der Waals surface area (Å²) >= 11 is 5.75. The van der Waals surface area contributed by atoms with Crippen LogP contribution in [-0.2, 0) is 0 Å². The Morgan fingerprint density at radius 1 is 0.958 bits per heavy atom. The second-order valence-corrected chi connectivity index (χ2v) is 7.54. The molecule has 0 aromatic heterocycles. The average Bonchev–Trinajstić information content (AvgIpc) is 2.58. The summed E-state index contributed by atoms with van der Waals surface area (Å²) in [5, 5.41) is 0. The number of thiocarbonyl (C=S) groups is 1. The molecule has 1 aliphatic heterocycles. The molecule has 24 heavy (non-hydrogen) atoms. The van der Waals surface area contributed by atoms with E-state index in [1.54, 1.807) is 0 Å². The Kier molecular flexibility index (Phi) is 15.8. The number of rotatable bonds is 12. The number of unbranched alkanes of at least 4 members (excludes halogenated alkanes) is 7. The van der Waals surface area contributed by atoms with Crippen LogP contribution in [0.1, 0.15) is 85.0 Å². The van der Waals surface area contributed by atoms with E-state index < -0.39 is 0 Å². The molecule has 0 amide bonds. The van der Waals surface area contributed by atoms with Crippen LogP contribution in [0.5, 0.6) is 0 Å². The van der Waals surface area contributed by atoms with Crippen molar-refractivity contribution in [3.63, 3.8) is 0 Å². The monoisotopic (exact) mass is 420 g/mol. The predicted octanol–water partition coefficient (Wildman–Crippen LogP) is 6.09. The van der Waals surface area contributed by atoms with Gasteiger partial charge in [0.25, 0.3) is 0 Å². The van der Waals surface area contributed by atoms with Crippen molar-refractivity contribution >= 4 is 34.2 Å². The van der Waals surface area contributed by atoms with Crippen molar-refractivity contribution in [2.75, 3.05) is 32.7 Å². The Labute approximate surface area is 167 Å². The Morgan fingerprint density at radius 2 is 1.54 bits per heavy atom. The van der Waals surface area contributed by atoms with Crippen molar-refractivity contribution in [2.24, 2.45) is 5.92 Å². The molecule has 0 saturated carbocycles. The molecule has 0 N–H and O–H groups in total. The van der Waals surface area contributed by atoms with E-state index in [2.05, 4.69) is 30.6 Å². The quantitative estimate of drug-likeness (QED) is 0.278. The van der Waals surface area contributed by atoms with Gasteiger partial charge < -0.3 is 9.80 Å². The Bertz CT molecular complexity index is 308. The van der Waals surface area contributed by atoms with Gasteiger partial charge in [-0.25, -0.2) is 0 Å². The van der Waals surface area contributed by atoms with Gasteiger partial charge in [0, 0.05) is 25.6 Å². The Balaban J connectivity index is 0.00000529. The molecule has 1 unspecified atom stereocenters. The summed E-state index contributed by atoms with van der Waals surface area (Å²) in [5.74, 6) is 0.618. The Morgan fingerprint density at radius 3 is 2.12 bits per heavy atom. The average molecular weight is 422 g/mol. The van der Waals surface area contributed by atoms with Gasteiger partial charge in [0.2, 0.25) is 0 Å². The number of hydrogen-bond acceptors (Lipinski definition) is 2. The highest BCUT2D eigenvalue weighted by atomic mass is 79.9. The first-order chi connectivity index (χ1) is 11.2. The zero-order valence-electron chi connectivity index (χ0n) is 16.4. The molecule has 1 heterocycles. The van der Waals surface area contributed by atoms with E-state index in [4.69, 9.17) is 12.2 Å². The molecule has 4 heteroatoms. The van der Waals surface area contributed by atoms with Crippen molar-refractivity contribution in [1.29, 1.82) is 0 Å². The van der Waals surface area contributed by atoms with Crippen molar-refractivity contribution in [1.82, 2.24) is 9.80 Å². The number of piperidine rings is 1. The minimum Gasteiger partial charge on any atom is -0.366 e. The number of nitrogens with zero attached hydrogens (tertiary/aromatic N) is 2. The van der Waals surface area contributed by atoms with Gasteiger partial charge in [0.1, 0.15) is 0 Å². The van der Waals surface area contributed by atoms with E-state index in [0.29, 0.717) is 5.92 Å². The smallest absolute Gasteiger partial charge is 0.0823 e. The van der Waals surface area contributed by atoms with Crippen LogP contribution in [0, 0.1) is 5.92 Å². The van der Waals surface area contributed by atoms with E-state index in [-0.39, 0.29) is 17.0 Å². The molecule has 2 nitrogen and oxygen atoms in total. The highest BCUT2D eigenvalue weighted by Crippen LogP contribution is 2.20. The molecular weight excluding hydrogens is 380 g/mol. The summed E-state index contributed by atoms with van der Waals surface area (Å²) in [6, 6.07) is 0. The van der Waals surface area contributed by atoms with E-state index in [1.165, 1.54) is 88.8 Å². The standard InChI is InChI=1S/C20H40N2S.BrH/c1-4-7-8-9-10-11-12-13-16-21-17-14-15-19(18-21)20(23)22(5-2)6-3;/h19H,4-18H2,1-3H3;1H. The summed E-state index contributed by atoms with van der Waals surface area (Å²) in [7, 11) is 0. The van der Waals surface area contributed by atoms with Gasteiger partial charge in [-0.2, -0.15) is 0 Å². The summed E-state index contributed by atoms with van der Waals surface area (Å²) in [4.78, 5) is 6.26. The molecule has 1 fully saturated rings. The van der Waals surface area contributed by atoms with Crippen LogP contribution >= 0.6 is 29.2 Å². The number of halogens is 1. The topological polar surface area (TPSA) is 6.48 Å².